The summed E-state index contributed by atoms with van der Waals surface area (Å²) >= 11 is 2.78. The van der Waals surface area contributed by atoms with Crippen LogP contribution in [0.1, 0.15) is 25.5 Å². The molecule has 0 aliphatic carbocycles. The van der Waals surface area contributed by atoms with Gasteiger partial charge in [-0.3, -0.25) is 0 Å². The molecule has 2 heterocycles. The van der Waals surface area contributed by atoms with Crippen molar-refractivity contribution in [2.75, 3.05) is 33.4 Å². The van der Waals surface area contributed by atoms with Crippen molar-refractivity contribution in [3.05, 3.63) is 11.6 Å². The highest BCUT2D eigenvalue weighted by Gasteiger charge is 2.30. The van der Waals surface area contributed by atoms with Crippen LogP contribution in [0.25, 0.3) is 0 Å². The Morgan fingerprint density at radius 1 is 1.57 bits per heavy atom. The van der Waals surface area contributed by atoms with E-state index >= 15 is 0 Å². The highest BCUT2D eigenvalue weighted by atomic mass is 32.3. The molecule has 0 saturated heterocycles. The van der Waals surface area contributed by atoms with Gasteiger partial charge in [-0.15, -0.1) is 11.3 Å². The van der Waals surface area contributed by atoms with Gasteiger partial charge in [-0.25, -0.2) is 17.9 Å². The van der Waals surface area contributed by atoms with Crippen molar-refractivity contribution in [3.8, 4) is 0 Å². The first kappa shape index (κ1) is 19.1. The third-order valence-electron chi connectivity index (χ3n) is 3.43. The third-order valence-corrected chi connectivity index (χ3v) is 7.26. The zero-order valence-corrected chi connectivity index (χ0v) is 15.9. The number of nitrogens with zero attached hydrogens (tertiary/aromatic N) is 1. The Bertz CT molecular complexity index is 620. The number of likely N-dealkylation sites (N-methyl/N-ethyl adjacent to an activating group) is 1. The molecule has 10 heteroatoms. The molecule has 1 aromatic heterocycles. The Labute approximate surface area is 145 Å². The number of hydrogen-bond donors (Lipinski definition) is 2. The second kappa shape index (κ2) is 8.26. The Hall–Kier alpha value is -0.200. The maximum atomic E-state index is 11.6. The lowest BCUT2D eigenvalue weighted by Crippen LogP contribution is -2.36. The molecule has 0 spiro atoms. The molecule has 1 aliphatic heterocycles. The quantitative estimate of drug-likeness (QED) is 0.519. The number of fused-ring (bicyclic) bond motifs is 1. The van der Waals surface area contributed by atoms with E-state index in [0.29, 0.717) is 6.61 Å². The molecule has 0 fully saturated rings. The summed E-state index contributed by atoms with van der Waals surface area (Å²) in [6.07, 6.45) is -0.236. The predicted octanol–water partition coefficient (Wildman–Crippen LogP) is 1.38. The lowest BCUT2D eigenvalue weighted by Gasteiger charge is -2.32. The fourth-order valence-electron chi connectivity index (χ4n) is 2.22. The molecule has 0 bridgehead atoms. The number of primary sulfonamides is 1. The molecule has 1 unspecified atom stereocenters. The van der Waals surface area contributed by atoms with Gasteiger partial charge in [-0.1, -0.05) is 6.92 Å². The van der Waals surface area contributed by atoms with E-state index in [1.807, 2.05) is 13.8 Å². The van der Waals surface area contributed by atoms with Gasteiger partial charge in [-0.2, -0.15) is 0 Å². The Morgan fingerprint density at radius 3 is 2.91 bits per heavy atom. The smallest absolute Gasteiger partial charge is 0.247 e. The fourth-order valence-corrected chi connectivity index (χ4v) is 5.74. The summed E-state index contributed by atoms with van der Waals surface area (Å²) < 4.78 is 37.1. The monoisotopic (exact) mass is 381 g/mol. The standard InChI is InChI=1S/C13H23N3O4S3/c1-4-15-11-8-16(5-6-20-9(2)19-3)22-13-10(11)7-12(21-13)23(14,17)18/h7,9,11,15H,4-6,8H2,1-3H3,(H2,14,17,18)/t9?,11-/m0/s1. The van der Waals surface area contributed by atoms with E-state index in [0.717, 1.165) is 29.4 Å². The van der Waals surface area contributed by atoms with Gasteiger partial charge in [0.05, 0.1) is 10.8 Å². The summed E-state index contributed by atoms with van der Waals surface area (Å²) in [6, 6.07) is 1.78. The molecule has 7 nitrogen and oxygen atoms in total. The SMILES string of the molecule is CCN[C@H]1CN(CCOC(C)OC)Sc2sc(S(N)(=O)=O)cc21. The van der Waals surface area contributed by atoms with Gasteiger partial charge >= 0.3 is 0 Å². The maximum absolute atomic E-state index is 11.6. The molecule has 0 saturated carbocycles. The highest BCUT2D eigenvalue weighted by molar-refractivity contribution is 7.99. The van der Waals surface area contributed by atoms with E-state index in [1.165, 1.54) is 11.3 Å². The summed E-state index contributed by atoms with van der Waals surface area (Å²) in [5.74, 6) is 0. The van der Waals surface area contributed by atoms with Gasteiger partial charge in [0.2, 0.25) is 10.0 Å². The molecular weight excluding hydrogens is 358 g/mol. The van der Waals surface area contributed by atoms with Crippen LogP contribution in [0.3, 0.4) is 0 Å². The second-order valence-electron chi connectivity index (χ2n) is 5.12. The van der Waals surface area contributed by atoms with Crippen LogP contribution in [0, 0.1) is 0 Å². The van der Waals surface area contributed by atoms with Crippen molar-refractivity contribution in [2.45, 2.75) is 34.6 Å². The first-order valence-corrected chi connectivity index (χ1v) is 10.5. The van der Waals surface area contributed by atoms with E-state index < -0.39 is 10.0 Å². The van der Waals surface area contributed by atoms with Crippen LogP contribution < -0.4 is 10.5 Å². The maximum Gasteiger partial charge on any atom is 0.247 e. The van der Waals surface area contributed by atoms with E-state index in [-0.39, 0.29) is 16.5 Å². The average molecular weight is 382 g/mol. The molecule has 1 aromatic rings. The number of methoxy groups -OCH3 is 1. The second-order valence-corrected chi connectivity index (χ2v) is 9.32. The van der Waals surface area contributed by atoms with Crippen molar-refractivity contribution in [1.29, 1.82) is 0 Å². The highest BCUT2D eigenvalue weighted by Crippen LogP contribution is 2.43. The molecule has 132 valence electrons. The number of ether oxygens (including phenoxy) is 2. The van der Waals surface area contributed by atoms with Crippen LogP contribution in [0.2, 0.25) is 0 Å². The Morgan fingerprint density at radius 2 is 2.30 bits per heavy atom. The van der Waals surface area contributed by atoms with Crippen molar-refractivity contribution < 1.29 is 17.9 Å². The van der Waals surface area contributed by atoms with Gasteiger partial charge in [0, 0.05) is 26.2 Å². The Kier molecular flexibility index (Phi) is 6.87. The molecule has 1 aliphatic rings. The van der Waals surface area contributed by atoms with Crippen LogP contribution in [-0.4, -0.2) is 52.4 Å². The number of sulfonamides is 1. The lowest BCUT2D eigenvalue weighted by molar-refractivity contribution is -0.111. The van der Waals surface area contributed by atoms with Gasteiger partial charge < -0.3 is 14.8 Å². The first-order valence-electron chi connectivity index (χ1n) is 7.32. The van der Waals surface area contributed by atoms with Crippen molar-refractivity contribution in [1.82, 2.24) is 9.62 Å². The van der Waals surface area contributed by atoms with E-state index in [9.17, 15) is 8.42 Å². The van der Waals surface area contributed by atoms with Gasteiger partial charge in [0.15, 0.2) is 6.29 Å². The largest absolute Gasteiger partial charge is 0.356 e. The van der Waals surface area contributed by atoms with E-state index in [4.69, 9.17) is 14.6 Å². The lowest BCUT2D eigenvalue weighted by atomic mass is 10.1. The average Bonchev–Trinajstić information content (AvgIpc) is 2.92. The van der Waals surface area contributed by atoms with Crippen LogP contribution in [0.5, 0.6) is 0 Å². The van der Waals surface area contributed by atoms with E-state index in [1.54, 1.807) is 25.1 Å². The summed E-state index contributed by atoms with van der Waals surface area (Å²) in [6.45, 7) is 6.73. The molecule has 0 radical (unpaired) electrons. The van der Waals surface area contributed by atoms with Crippen LogP contribution in [0.4, 0.5) is 0 Å². The Balaban J connectivity index is 2.09. The number of nitrogens with one attached hydrogen (secondary N) is 1. The van der Waals surface area contributed by atoms with E-state index in [2.05, 4.69) is 9.62 Å². The molecule has 2 atom stereocenters. The minimum Gasteiger partial charge on any atom is -0.356 e. The molecule has 2 rings (SSSR count). The fraction of sp³-hybridized carbons (Fsp3) is 0.692. The molecular formula is C13H23N3O4S3. The number of hydrogen-bond acceptors (Lipinski definition) is 8. The predicted molar refractivity (Wildman–Crippen MR) is 92.0 cm³/mol. The molecule has 0 aromatic carbocycles. The summed E-state index contributed by atoms with van der Waals surface area (Å²) in [5.41, 5.74) is 1.01. The zero-order chi connectivity index (χ0) is 17.0. The summed E-state index contributed by atoms with van der Waals surface area (Å²) in [4.78, 5) is 0. The number of thiophene rings is 1. The normalized spacial score (nSPS) is 20.4. The first-order chi connectivity index (χ1) is 10.8. The van der Waals surface area contributed by atoms with Crippen molar-refractivity contribution >= 4 is 33.3 Å². The number of rotatable bonds is 8. The van der Waals surface area contributed by atoms with Crippen molar-refractivity contribution in [2.24, 2.45) is 5.14 Å². The topological polar surface area (TPSA) is 93.9 Å². The van der Waals surface area contributed by atoms with Gasteiger partial charge in [0.1, 0.15) is 4.21 Å². The summed E-state index contributed by atoms with van der Waals surface area (Å²) in [7, 11) is -2.06. The van der Waals surface area contributed by atoms with Gasteiger partial charge in [-0.05, 0) is 37.0 Å². The third kappa shape index (κ3) is 5.13. The summed E-state index contributed by atoms with van der Waals surface area (Å²) in [5, 5.41) is 8.65. The minimum absolute atomic E-state index is 0.0860. The molecule has 3 N–H and O–H groups in total. The zero-order valence-electron chi connectivity index (χ0n) is 13.4. The van der Waals surface area contributed by atoms with Crippen LogP contribution >= 0.6 is 23.3 Å². The van der Waals surface area contributed by atoms with Gasteiger partial charge in [0.25, 0.3) is 0 Å². The van der Waals surface area contributed by atoms with Crippen LogP contribution in [0.15, 0.2) is 14.5 Å². The van der Waals surface area contributed by atoms with Crippen molar-refractivity contribution in [3.63, 3.8) is 0 Å². The van der Waals surface area contributed by atoms with Crippen LogP contribution in [-0.2, 0) is 19.5 Å². The molecule has 0 amide bonds. The minimum atomic E-state index is -3.67. The molecule has 23 heavy (non-hydrogen) atoms. The number of nitrogens with two attached hydrogens (primary N) is 1.